The van der Waals surface area contributed by atoms with Crippen LogP contribution in [0.2, 0.25) is 0 Å². The van der Waals surface area contributed by atoms with Gasteiger partial charge in [0.25, 0.3) is 0 Å². The third-order valence-electron chi connectivity index (χ3n) is 6.05. The van der Waals surface area contributed by atoms with Crippen molar-refractivity contribution in [3.8, 4) is 22.9 Å². The quantitative estimate of drug-likeness (QED) is 0.430. The molecule has 1 saturated heterocycles. The fraction of sp³-hybridized carbons (Fsp3) is 0.308. The number of hydrogen-bond donors (Lipinski definition) is 1. The van der Waals surface area contributed by atoms with Gasteiger partial charge in [-0.05, 0) is 86.8 Å². The molecule has 0 aliphatic carbocycles. The molecule has 170 valence electrons. The molecule has 1 aliphatic heterocycles. The van der Waals surface area contributed by atoms with Crippen molar-refractivity contribution in [1.29, 1.82) is 0 Å². The number of aromatic nitrogens is 3. The first-order chi connectivity index (χ1) is 16.2. The molecule has 1 aliphatic rings. The molecular formula is C26H27FN4O2. The number of ether oxygens (including phenoxy) is 2. The molecule has 6 nitrogen and oxygen atoms in total. The molecule has 0 bridgehead atoms. The standard InChI is InChI=1S/C26H27FN4O2/c1-18(21-3-2-4-22(27)15-21)33-26-10-9-25-29-16-24(31(25)30-26)20-5-7-23(8-6-20)32-17-19-11-13-28-14-12-19/h2-10,15-16,18-19,28H,11-14,17H2,1H3/t18-/m1/s1. The lowest BCUT2D eigenvalue weighted by molar-refractivity contribution is 0.214. The van der Waals surface area contributed by atoms with Crippen LogP contribution in [0.25, 0.3) is 16.9 Å². The first-order valence-corrected chi connectivity index (χ1v) is 11.4. The van der Waals surface area contributed by atoms with Crippen molar-refractivity contribution in [2.45, 2.75) is 25.9 Å². The van der Waals surface area contributed by atoms with E-state index in [1.54, 1.807) is 22.8 Å². The largest absolute Gasteiger partial charge is 0.493 e. The third kappa shape index (κ3) is 4.98. The number of imidazole rings is 1. The summed E-state index contributed by atoms with van der Waals surface area (Å²) in [4.78, 5) is 4.46. The lowest BCUT2D eigenvalue weighted by Gasteiger charge is -2.22. The third-order valence-corrected chi connectivity index (χ3v) is 6.05. The summed E-state index contributed by atoms with van der Waals surface area (Å²) in [6.07, 6.45) is 3.78. The van der Waals surface area contributed by atoms with Crippen LogP contribution in [-0.4, -0.2) is 34.3 Å². The van der Waals surface area contributed by atoms with E-state index >= 15 is 0 Å². The zero-order valence-electron chi connectivity index (χ0n) is 18.6. The smallest absolute Gasteiger partial charge is 0.232 e. The van der Waals surface area contributed by atoms with Gasteiger partial charge in [0.05, 0.1) is 18.5 Å². The molecule has 4 aromatic rings. The molecule has 7 heteroatoms. The van der Waals surface area contributed by atoms with E-state index in [0.717, 1.165) is 60.8 Å². The van der Waals surface area contributed by atoms with Crippen LogP contribution >= 0.6 is 0 Å². The normalized spacial score (nSPS) is 15.5. The van der Waals surface area contributed by atoms with Gasteiger partial charge < -0.3 is 14.8 Å². The van der Waals surface area contributed by atoms with Crippen molar-refractivity contribution in [1.82, 2.24) is 19.9 Å². The Morgan fingerprint density at radius 3 is 2.70 bits per heavy atom. The van der Waals surface area contributed by atoms with E-state index in [1.807, 2.05) is 43.3 Å². The van der Waals surface area contributed by atoms with E-state index in [-0.39, 0.29) is 11.9 Å². The Bertz CT molecular complexity index is 1220. The van der Waals surface area contributed by atoms with E-state index < -0.39 is 0 Å². The van der Waals surface area contributed by atoms with Crippen LogP contribution in [0.3, 0.4) is 0 Å². The summed E-state index contributed by atoms with van der Waals surface area (Å²) in [5.74, 6) is 1.64. The molecule has 0 radical (unpaired) electrons. The number of nitrogens with zero attached hydrogens (tertiary/aromatic N) is 3. The van der Waals surface area contributed by atoms with Crippen LogP contribution < -0.4 is 14.8 Å². The van der Waals surface area contributed by atoms with Crippen LogP contribution in [0, 0.1) is 11.7 Å². The van der Waals surface area contributed by atoms with Gasteiger partial charge in [0.2, 0.25) is 5.88 Å². The zero-order chi connectivity index (χ0) is 22.6. The van der Waals surface area contributed by atoms with Crippen molar-refractivity contribution in [2.75, 3.05) is 19.7 Å². The van der Waals surface area contributed by atoms with Gasteiger partial charge in [-0.3, -0.25) is 0 Å². The Labute approximate surface area is 192 Å². The molecule has 1 fully saturated rings. The summed E-state index contributed by atoms with van der Waals surface area (Å²) in [6.45, 7) is 4.77. The average Bonchev–Trinajstić information content (AvgIpc) is 3.27. The van der Waals surface area contributed by atoms with Gasteiger partial charge in [-0.25, -0.2) is 13.9 Å². The van der Waals surface area contributed by atoms with E-state index in [0.29, 0.717) is 11.8 Å². The maximum absolute atomic E-state index is 13.6. The minimum absolute atomic E-state index is 0.286. The van der Waals surface area contributed by atoms with Crippen molar-refractivity contribution < 1.29 is 13.9 Å². The lowest BCUT2D eigenvalue weighted by Crippen LogP contribution is -2.30. The summed E-state index contributed by atoms with van der Waals surface area (Å²) in [6, 6.07) is 18.1. The number of fused-ring (bicyclic) bond motifs is 1. The minimum atomic E-state index is -0.339. The Morgan fingerprint density at radius 2 is 1.91 bits per heavy atom. The summed E-state index contributed by atoms with van der Waals surface area (Å²) in [5.41, 5.74) is 3.32. The van der Waals surface area contributed by atoms with Crippen LogP contribution in [-0.2, 0) is 0 Å². The monoisotopic (exact) mass is 446 g/mol. The molecule has 1 atom stereocenters. The maximum Gasteiger partial charge on any atom is 0.232 e. The first kappa shape index (κ1) is 21.4. The van der Waals surface area contributed by atoms with E-state index in [4.69, 9.17) is 9.47 Å². The number of halogens is 1. The van der Waals surface area contributed by atoms with Crippen LogP contribution in [0.15, 0.2) is 66.9 Å². The van der Waals surface area contributed by atoms with Gasteiger partial charge in [0.15, 0.2) is 5.65 Å². The number of nitrogens with one attached hydrogen (secondary N) is 1. The van der Waals surface area contributed by atoms with E-state index in [2.05, 4.69) is 15.4 Å². The van der Waals surface area contributed by atoms with Gasteiger partial charge in [-0.1, -0.05) is 12.1 Å². The summed E-state index contributed by atoms with van der Waals surface area (Å²) >= 11 is 0. The Kier molecular flexibility index (Phi) is 6.21. The molecule has 33 heavy (non-hydrogen) atoms. The highest BCUT2D eigenvalue weighted by Gasteiger charge is 2.15. The highest BCUT2D eigenvalue weighted by molar-refractivity contribution is 5.63. The molecule has 5 rings (SSSR count). The predicted molar refractivity (Wildman–Crippen MR) is 125 cm³/mol. The Balaban J connectivity index is 1.31. The predicted octanol–water partition coefficient (Wildman–Crippen LogP) is 5.05. The Hall–Kier alpha value is -3.45. The SMILES string of the molecule is C[C@@H](Oc1ccc2ncc(-c3ccc(OCC4CCNCC4)cc3)n2n1)c1cccc(F)c1. The summed E-state index contributed by atoms with van der Waals surface area (Å²) in [7, 11) is 0. The topological polar surface area (TPSA) is 60.7 Å². The number of piperidine rings is 1. The van der Waals surface area contributed by atoms with Crippen LogP contribution in [0.1, 0.15) is 31.4 Å². The Morgan fingerprint density at radius 1 is 1.09 bits per heavy atom. The average molecular weight is 447 g/mol. The highest BCUT2D eigenvalue weighted by Crippen LogP contribution is 2.26. The van der Waals surface area contributed by atoms with Crippen LogP contribution in [0.4, 0.5) is 4.39 Å². The maximum atomic E-state index is 13.6. The van der Waals surface area contributed by atoms with Gasteiger partial charge in [0, 0.05) is 11.6 Å². The zero-order valence-corrected chi connectivity index (χ0v) is 18.6. The number of rotatable bonds is 7. The molecule has 1 N–H and O–H groups in total. The molecule has 0 amide bonds. The van der Waals surface area contributed by atoms with Gasteiger partial charge in [-0.15, -0.1) is 5.10 Å². The van der Waals surface area contributed by atoms with Gasteiger partial charge >= 0.3 is 0 Å². The van der Waals surface area contributed by atoms with E-state index in [9.17, 15) is 4.39 Å². The second-order valence-electron chi connectivity index (χ2n) is 8.43. The summed E-state index contributed by atoms with van der Waals surface area (Å²) < 4.78 is 27.3. The second-order valence-corrected chi connectivity index (χ2v) is 8.43. The first-order valence-electron chi connectivity index (χ1n) is 11.4. The molecular weight excluding hydrogens is 419 g/mol. The summed E-state index contributed by atoms with van der Waals surface area (Å²) in [5, 5.41) is 8.00. The van der Waals surface area contributed by atoms with E-state index in [1.165, 1.54) is 12.1 Å². The molecule has 2 aromatic carbocycles. The van der Waals surface area contributed by atoms with Crippen LogP contribution in [0.5, 0.6) is 11.6 Å². The van der Waals surface area contributed by atoms with Crippen molar-refractivity contribution >= 4 is 5.65 Å². The fourth-order valence-corrected chi connectivity index (χ4v) is 4.11. The molecule has 3 heterocycles. The molecule has 0 unspecified atom stereocenters. The number of benzene rings is 2. The molecule has 2 aromatic heterocycles. The lowest BCUT2D eigenvalue weighted by atomic mass is 9.99. The fourth-order valence-electron chi connectivity index (χ4n) is 4.11. The second kappa shape index (κ2) is 9.58. The van der Waals surface area contributed by atoms with Crippen molar-refractivity contribution in [3.05, 3.63) is 78.2 Å². The molecule has 0 saturated carbocycles. The molecule has 0 spiro atoms. The number of hydrogen-bond acceptors (Lipinski definition) is 5. The van der Waals surface area contributed by atoms with Gasteiger partial charge in [-0.2, -0.15) is 0 Å². The van der Waals surface area contributed by atoms with Crippen molar-refractivity contribution in [3.63, 3.8) is 0 Å². The van der Waals surface area contributed by atoms with Gasteiger partial charge in [0.1, 0.15) is 17.7 Å². The van der Waals surface area contributed by atoms with Crippen molar-refractivity contribution in [2.24, 2.45) is 5.92 Å². The highest BCUT2D eigenvalue weighted by atomic mass is 19.1. The minimum Gasteiger partial charge on any atom is -0.493 e.